The van der Waals surface area contributed by atoms with Crippen LogP contribution in [0.15, 0.2) is 0 Å². The molecular formula is C13H27NO5. The summed E-state index contributed by atoms with van der Waals surface area (Å²) in [7, 11) is 0. The molecule has 0 aromatic carbocycles. The van der Waals surface area contributed by atoms with E-state index >= 15 is 0 Å². The van der Waals surface area contributed by atoms with Crippen molar-refractivity contribution in [2.75, 3.05) is 33.0 Å². The van der Waals surface area contributed by atoms with Crippen molar-refractivity contribution in [3.8, 4) is 0 Å². The number of ether oxygens (including phenoxy) is 4. The average Bonchev–Trinajstić information content (AvgIpc) is 2.28. The van der Waals surface area contributed by atoms with E-state index in [1.807, 2.05) is 27.7 Å². The summed E-state index contributed by atoms with van der Waals surface area (Å²) >= 11 is 0. The maximum Gasteiger partial charge on any atom is 0.308 e. The predicted octanol–water partition coefficient (Wildman–Crippen LogP) is 1.07. The number of rotatable bonds is 10. The SMILES string of the molecule is CCOCCOC(N)COCCC(=O)OC(C)(C)C. The summed E-state index contributed by atoms with van der Waals surface area (Å²) in [5.74, 6) is -0.279. The summed E-state index contributed by atoms with van der Waals surface area (Å²) < 4.78 is 20.7. The van der Waals surface area contributed by atoms with Crippen molar-refractivity contribution in [3.63, 3.8) is 0 Å². The van der Waals surface area contributed by atoms with E-state index in [0.29, 0.717) is 19.8 Å². The second-order valence-corrected chi connectivity index (χ2v) is 5.02. The molecule has 0 aliphatic carbocycles. The highest BCUT2D eigenvalue weighted by atomic mass is 16.6. The largest absolute Gasteiger partial charge is 0.460 e. The Hall–Kier alpha value is -0.690. The van der Waals surface area contributed by atoms with E-state index in [1.54, 1.807) is 0 Å². The Morgan fingerprint density at radius 3 is 2.42 bits per heavy atom. The molecule has 0 saturated carbocycles. The molecule has 0 heterocycles. The molecule has 6 heteroatoms. The Morgan fingerprint density at radius 1 is 1.16 bits per heavy atom. The van der Waals surface area contributed by atoms with Gasteiger partial charge in [0.25, 0.3) is 0 Å². The fourth-order valence-corrected chi connectivity index (χ4v) is 1.20. The number of hydrogen-bond donors (Lipinski definition) is 1. The van der Waals surface area contributed by atoms with Gasteiger partial charge in [-0.25, -0.2) is 0 Å². The van der Waals surface area contributed by atoms with Gasteiger partial charge in [0.15, 0.2) is 0 Å². The zero-order valence-electron chi connectivity index (χ0n) is 12.4. The maximum atomic E-state index is 11.4. The van der Waals surface area contributed by atoms with Crippen LogP contribution in [-0.2, 0) is 23.7 Å². The van der Waals surface area contributed by atoms with E-state index in [1.165, 1.54) is 0 Å². The number of carbonyl (C=O) groups excluding carboxylic acids is 1. The molecule has 19 heavy (non-hydrogen) atoms. The van der Waals surface area contributed by atoms with Crippen molar-refractivity contribution in [1.82, 2.24) is 0 Å². The Balaban J connectivity index is 3.45. The second-order valence-electron chi connectivity index (χ2n) is 5.02. The summed E-state index contributed by atoms with van der Waals surface area (Å²) in [6, 6.07) is 0. The minimum absolute atomic E-state index is 0.211. The van der Waals surface area contributed by atoms with Crippen LogP contribution in [0, 0.1) is 0 Å². The molecule has 0 aliphatic rings. The summed E-state index contributed by atoms with van der Waals surface area (Å²) in [5.41, 5.74) is 5.19. The third-order valence-electron chi connectivity index (χ3n) is 1.92. The van der Waals surface area contributed by atoms with Crippen LogP contribution in [0.25, 0.3) is 0 Å². The van der Waals surface area contributed by atoms with Crippen molar-refractivity contribution in [1.29, 1.82) is 0 Å². The minimum atomic E-state index is -0.501. The first-order valence-electron chi connectivity index (χ1n) is 6.59. The topological polar surface area (TPSA) is 80.0 Å². The molecule has 0 bridgehead atoms. The molecule has 0 aliphatic heterocycles. The first kappa shape index (κ1) is 18.3. The van der Waals surface area contributed by atoms with Gasteiger partial charge in [0.05, 0.1) is 32.8 Å². The van der Waals surface area contributed by atoms with Crippen molar-refractivity contribution in [3.05, 3.63) is 0 Å². The minimum Gasteiger partial charge on any atom is -0.460 e. The van der Waals surface area contributed by atoms with Crippen LogP contribution in [0.5, 0.6) is 0 Å². The lowest BCUT2D eigenvalue weighted by Crippen LogP contribution is -2.31. The normalized spacial score (nSPS) is 13.3. The average molecular weight is 277 g/mol. The van der Waals surface area contributed by atoms with Crippen LogP contribution in [-0.4, -0.2) is 50.8 Å². The molecule has 0 rings (SSSR count). The second kappa shape index (κ2) is 10.1. The van der Waals surface area contributed by atoms with Gasteiger partial charge < -0.3 is 24.7 Å². The molecule has 2 N–H and O–H groups in total. The Morgan fingerprint density at radius 2 is 1.84 bits per heavy atom. The first-order valence-corrected chi connectivity index (χ1v) is 6.59. The number of carbonyl (C=O) groups is 1. The molecule has 0 spiro atoms. The monoisotopic (exact) mass is 277 g/mol. The van der Waals surface area contributed by atoms with Gasteiger partial charge in [0.1, 0.15) is 11.8 Å². The maximum absolute atomic E-state index is 11.4. The number of hydrogen-bond acceptors (Lipinski definition) is 6. The van der Waals surface area contributed by atoms with Crippen LogP contribution in [0.1, 0.15) is 34.1 Å². The molecule has 0 radical (unpaired) electrons. The van der Waals surface area contributed by atoms with Gasteiger partial charge in [-0.05, 0) is 27.7 Å². The zero-order valence-corrected chi connectivity index (χ0v) is 12.4. The molecule has 1 atom stereocenters. The van der Waals surface area contributed by atoms with Crippen molar-refractivity contribution < 1.29 is 23.7 Å². The van der Waals surface area contributed by atoms with Crippen LogP contribution in [0.3, 0.4) is 0 Å². The summed E-state index contributed by atoms with van der Waals surface area (Å²) in [6.07, 6.45) is -0.290. The first-order chi connectivity index (χ1) is 8.85. The number of nitrogens with two attached hydrogens (primary N) is 1. The predicted molar refractivity (Wildman–Crippen MR) is 71.7 cm³/mol. The lowest BCUT2D eigenvalue weighted by atomic mass is 10.2. The zero-order chi connectivity index (χ0) is 14.7. The highest BCUT2D eigenvalue weighted by Gasteiger charge is 2.15. The fraction of sp³-hybridized carbons (Fsp3) is 0.923. The molecule has 0 aromatic heterocycles. The third kappa shape index (κ3) is 13.5. The van der Waals surface area contributed by atoms with E-state index in [2.05, 4.69) is 0 Å². The van der Waals surface area contributed by atoms with Gasteiger partial charge in [-0.3, -0.25) is 4.79 Å². The Labute approximate surface area is 115 Å². The third-order valence-corrected chi connectivity index (χ3v) is 1.92. The van der Waals surface area contributed by atoms with Crippen molar-refractivity contribution in [2.45, 2.75) is 45.9 Å². The molecule has 0 saturated heterocycles. The molecule has 114 valence electrons. The van der Waals surface area contributed by atoms with E-state index in [0.717, 1.165) is 0 Å². The highest BCUT2D eigenvalue weighted by molar-refractivity contribution is 5.69. The van der Waals surface area contributed by atoms with Crippen molar-refractivity contribution >= 4 is 5.97 Å². The van der Waals surface area contributed by atoms with E-state index in [4.69, 9.17) is 24.7 Å². The van der Waals surface area contributed by atoms with Crippen molar-refractivity contribution in [2.24, 2.45) is 5.73 Å². The van der Waals surface area contributed by atoms with E-state index in [-0.39, 0.29) is 25.6 Å². The summed E-state index contributed by atoms with van der Waals surface area (Å²) in [6.45, 7) is 9.53. The van der Waals surface area contributed by atoms with Gasteiger partial charge in [-0.2, -0.15) is 0 Å². The smallest absolute Gasteiger partial charge is 0.308 e. The number of esters is 1. The van der Waals surface area contributed by atoms with Crippen LogP contribution < -0.4 is 5.73 Å². The lowest BCUT2D eigenvalue weighted by molar-refractivity contribution is -0.156. The van der Waals surface area contributed by atoms with Gasteiger partial charge in [0.2, 0.25) is 0 Å². The molecule has 0 fully saturated rings. The van der Waals surface area contributed by atoms with E-state index in [9.17, 15) is 4.79 Å². The highest BCUT2D eigenvalue weighted by Crippen LogP contribution is 2.08. The molecular weight excluding hydrogens is 250 g/mol. The standard InChI is InChI=1S/C13H27NO5/c1-5-16-8-9-18-11(14)10-17-7-6-12(15)19-13(2,3)4/h11H,5-10,14H2,1-4H3. The molecule has 0 aromatic rings. The summed E-state index contributed by atoms with van der Waals surface area (Å²) in [4.78, 5) is 11.4. The lowest BCUT2D eigenvalue weighted by Gasteiger charge is -2.19. The van der Waals surface area contributed by atoms with Crippen LogP contribution in [0.2, 0.25) is 0 Å². The Kier molecular flexibility index (Phi) is 9.77. The van der Waals surface area contributed by atoms with Gasteiger partial charge in [-0.15, -0.1) is 0 Å². The van der Waals surface area contributed by atoms with Gasteiger partial charge in [0, 0.05) is 6.61 Å². The Bertz CT molecular complexity index is 240. The van der Waals surface area contributed by atoms with Gasteiger partial charge >= 0.3 is 5.97 Å². The molecule has 0 amide bonds. The molecule has 6 nitrogen and oxygen atoms in total. The quantitative estimate of drug-likeness (QED) is 0.365. The fourth-order valence-electron chi connectivity index (χ4n) is 1.20. The van der Waals surface area contributed by atoms with Gasteiger partial charge in [-0.1, -0.05) is 0 Å². The van der Waals surface area contributed by atoms with E-state index < -0.39 is 11.8 Å². The summed E-state index contributed by atoms with van der Waals surface area (Å²) in [5, 5.41) is 0. The molecule has 1 unspecified atom stereocenters. The van der Waals surface area contributed by atoms with Crippen LogP contribution in [0.4, 0.5) is 0 Å². The van der Waals surface area contributed by atoms with Crippen LogP contribution >= 0.6 is 0 Å².